The first-order chi connectivity index (χ1) is 7.75. The molecule has 16 heavy (non-hydrogen) atoms. The highest BCUT2D eigenvalue weighted by molar-refractivity contribution is 9.10. The molecular formula is C12H13BrN2O. The van der Waals surface area contributed by atoms with Gasteiger partial charge in [0.15, 0.2) is 0 Å². The molecular weight excluding hydrogens is 268 g/mol. The highest BCUT2D eigenvalue weighted by Gasteiger charge is 1.99. The molecule has 0 aliphatic rings. The van der Waals surface area contributed by atoms with E-state index in [1.165, 1.54) is 5.69 Å². The van der Waals surface area contributed by atoms with Crippen LogP contribution >= 0.6 is 15.9 Å². The van der Waals surface area contributed by atoms with Gasteiger partial charge in [-0.05, 0) is 30.3 Å². The van der Waals surface area contributed by atoms with Gasteiger partial charge < -0.3 is 4.74 Å². The van der Waals surface area contributed by atoms with Crippen molar-refractivity contribution >= 4 is 15.9 Å². The lowest BCUT2D eigenvalue weighted by atomic mass is 10.3. The summed E-state index contributed by atoms with van der Waals surface area (Å²) in [6.07, 6.45) is 2.67. The standard InChI is InChI=1S/C12H13BrN2O/c1-15-11(6-8-14-15)7-9-16-12-4-2-10(13)3-5-12/h2-6,8H,7,9H2,1H3. The highest BCUT2D eigenvalue weighted by Crippen LogP contribution is 2.16. The lowest BCUT2D eigenvalue weighted by Crippen LogP contribution is -2.05. The van der Waals surface area contributed by atoms with Gasteiger partial charge in [0.05, 0.1) is 6.61 Å². The van der Waals surface area contributed by atoms with Crippen LogP contribution in [0.3, 0.4) is 0 Å². The third-order valence-electron chi connectivity index (χ3n) is 2.36. The lowest BCUT2D eigenvalue weighted by Gasteiger charge is -2.06. The van der Waals surface area contributed by atoms with Crippen LogP contribution < -0.4 is 4.74 Å². The van der Waals surface area contributed by atoms with E-state index in [2.05, 4.69) is 21.0 Å². The Morgan fingerprint density at radius 3 is 2.62 bits per heavy atom. The normalized spacial score (nSPS) is 10.4. The van der Waals surface area contributed by atoms with E-state index in [9.17, 15) is 0 Å². The third-order valence-corrected chi connectivity index (χ3v) is 2.89. The van der Waals surface area contributed by atoms with Crippen LogP contribution in [0.2, 0.25) is 0 Å². The molecule has 0 aliphatic heterocycles. The van der Waals surface area contributed by atoms with Gasteiger partial charge in [-0.25, -0.2) is 0 Å². The minimum Gasteiger partial charge on any atom is -0.493 e. The van der Waals surface area contributed by atoms with Crippen molar-refractivity contribution in [3.05, 3.63) is 46.7 Å². The van der Waals surface area contributed by atoms with Gasteiger partial charge >= 0.3 is 0 Å². The first kappa shape index (κ1) is 11.2. The van der Waals surface area contributed by atoms with E-state index in [1.807, 2.05) is 42.1 Å². The maximum absolute atomic E-state index is 5.63. The number of nitrogens with zero attached hydrogens (tertiary/aromatic N) is 2. The molecule has 0 unspecified atom stereocenters. The molecule has 2 aromatic rings. The summed E-state index contributed by atoms with van der Waals surface area (Å²) < 4.78 is 8.55. The zero-order valence-corrected chi connectivity index (χ0v) is 10.6. The zero-order valence-electron chi connectivity index (χ0n) is 9.06. The number of rotatable bonds is 4. The monoisotopic (exact) mass is 280 g/mol. The molecule has 4 heteroatoms. The summed E-state index contributed by atoms with van der Waals surface area (Å²) in [6.45, 7) is 0.668. The van der Waals surface area contributed by atoms with Crippen LogP contribution in [0.5, 0.6) is 5.75 Å². The van der Waals surface area contributed by atoms with Crippen LogP contribution in [0.25, 0.3) is 0 Å². The summed E-state index contributed by atoms with van der Waals surface area (Å²) >= 11 is 3.39. The van der Waals surface area contributed by atoms with Gasteiger partial charge in [0, 0.05) is 29.8 Å². The number of benzene rings is 1. The molecule has 0 fully saturated rings. The van der Waals surface area contributed by atoms with Crippen molar-refractivity contribution in [2.24, 2.45) is 7.05 Å². The number of hydrogen-bond acceptors (Lipinski definition) is 2. The molecule has 0 bridgehead atoms. The molecule has 0 saturated carbocycles. The molecule has 3 nitrogen and oxygen atoms in total. The largest absolute Gasteiger partial charge is 0.493 e. The van der Waals surface area contributed by atoms with Crippen molar-refractivity contribution in [1.29, 1.82) is 0 Å². The summed E-state index contributed by atoms with van der Waals surface area (Å²) in [5.74, 6) is 0.894. The molecule has 0 spiro atoms. The topological polar surface area (TPSA) is 27.1 Å². The first-order valence-electron chi connectivity index (χ1n) is 5.11. The molecule has 0 N–H and O–H groups in total. The van der Waals surface area contributed by atoms with Gasteiger partial charge in [-0.1, -0.05) is 15.9 Å². The van der Waals surface area contributed by atoms with Gasteiger partial charge in [-0.3, -0.25) is 4.68 Å². The van der Waals surface area contributed by atoms with E-state index in [1.54, 1.807) is 6.20 Å². The van der Waals surface area contributed by atoms with Crippen LogP contribution in [0.1, 0.15) is 5.69 Å². The fourth-order valence-electron chi connectivity index (χ4n) is 1.45. The van der Waals surface area contributed by atoms with Crippen LogP contribution in [-0.4, -0.2) is 16.4 Å². The van der Waals surface area contributed by atoms with Gasteiger partial charge in [-0.15, -0.1) is 0 Å². The van der Waals surface area contributed by atoms with Crippen LogP contribution in [0.15, 0.2) is 41.0 Å². The minimum atomic E-state index is 0.668. The summed E-state index contributed by atoms with van der Waals surface area (Å²) in [6, 6.07) is 9.85. The summed E-state index contributed by atoms with van der Waals surface area (Å²) in [5, 5.41) is 4.11. The Labute approximate surface area is 103 Å². The smallest absolute Gasteiger partial charge is 0.119 e. The third kappa shape index (κ3) is 2.85. The van der Waals surface area contributed by atoms with Crippen molar-refractivity contribution in [3.8, 4) is 5.75 Å². The van der Waals surface area contributed by atoms with Gasteiger partial charge in [-0.2, -0.15) is 5.10 Å². The summed E-state index contributed by atoms with van der Waals surface area (Å²) in [7, 11) is 1.94. The van der Waals surface area contributed by atoms with Crippen molar-refractivity contribution in [1.82, 2.24) is 9.78 Å². The molecule has 84 valence electrons. The average molecular weight is 281 g/mol. The number of hydrogen-bond donors (Lipinski definition) is 0. The first-order valence-corrected chi connectivity index (χ1v) is 5.90. The second-order valence-electron chi connectivity index (χ2n) is 3.50. The molecule has 1 aromatic carbocycles. The Balaban J connectivity index is 1.84. The Morgan fingerprint density at radius 1 is 1.25 bits per heavy atom. The average Bonchev–Trinajstić information content (AvgIpc) is 2.68. The quantitative estimate of drug-likeness (QED) is 0.861. The summed E-state index contributed by atoms with van der Waals surface area (Å²) in [5.41, 5.74) is 1.18. The van der Waals surface area contributed by atoms with E-state index < -0.39 is 0 Å². The second kappa shape index (κ2) is 5.16. The van der Waals surface area contributed by atoms with Gasteiger partial charge in [0.25, 0.3) is 0 Å². The van der Waals surface area contributed by atoms with Gasteiger partial charge in [0.1, 0.15) is 5.75 Å². The second-order valence-corrected chi connectivity index (χ2v) is 4.41. The highest BCUT2D eigenvalue weighted by atomic mass is 79.9. The lowest BCUT2D eigenvalue weighted by molar-refractivity contribution is 0.318. The Kier molecular flexibility index (Phi) is 3.62. The number of aryl methyl sites for hydroxylation is 1. The fraction of sp³-hybridized carbons (Fsp3) is 0.250. The van der Waals surface area contributed by atoms with E-state index in [-0.39, 0.29) is 0 Å². The van der Waals surface area contributed by atoms with Crippen LogP contribution in [0, 0.1) is 0 Å². The molecule has 0 saturated heterocycles. The number of halogens is 1. The van der Waals surface area contributed by atoms with E-state index in [0.717, 1.165) is 16.6 Å². The number of ether oxygens (including phenoxy) is 1. The minimum absolute atomic E-state index is 0.668. The van der Waals surface area contributed by atoms with E-state index in [4.69, 9.17) is 4.74 Å². The maximum atomic E-state index is 5.63. The molecule has 0 amide bonds. The van der Waals surface area contributed by atoms with Crippen LogP contribution in [0.4, 0.5) is 0 Å². The van der Waals surface area contributed by atoms with Crippen molar-refractivity contribution in [2.45, 2.75) is 6.42 Å². The number of aromatic nitrogens is 2. The Bertz CT molecular complexity index is 450. The predicted molar refractivity (Wildman–Crippen MR) is 66.5 cm³/mol. The van der Waals surface area contributed by atoms with Crippen molar-refractivity contribution in [2.75, 3.05) is 6.61 Å². The zero-order chi connectivity index (χ0) is 11.4. The van der Waals surface area contributed by atoms with Gasteiger partial charge in [0.2, 0.25) is 0 Å². The van der Waals surface area contributed by atoms with E-state index in [0.29, 0.717) is 6.61 Å². The molecule has 1 heterocycles. The predicted octanol–water partition coefficient (Wildman–Crippen LogP) is 2.80. The fourth-order valence-corrected chi connectivity index (χ4v) is 1.72. The Morgan fingerprint density at radius 2 is 2.00 bits per heavy atom. The Hall–Kier alpha value is -1.29. The molecule has 2 rings (SSSR count). The maximum Gasteiger partial charge on any atom is 0.119 e. The SMILES string of the molecule is Cn1nccc1CCOc1ccc(Br)cc1. The molecule has 0 atom stereocenters. The molecule has 0 radical (unpaired) electrons. The molecule has 0 aliphatic carbocycles. The molecule has 1 aromatic heterocycles. The van der Waals surface area contributed by atoms with Crippen LogP contribution in [-0.2, 0) is 13.5 Å². The van der Waals surface area contributed by atoms with Crippen molar-refractivity contribution < 1.29 is 4.74 Å². The summed E-state index contributed by atoms with van der Waals surface area (Å²) in [4.78, 5) is 0. The van der Waals surface area contributed by atoms with Crippen molar-refractivity contribution in [3.63, 3.8) is 0 Å². The van der Waals surface area contributed by atoms with E-state index >= 15 is 0 Å².